The minimum absolute atomic E-state index is 0.973. The predicted octanol–water partition coefficient (Wildman–Crippen LogP) is 12.1. The van der Waals surface area contributed by atoms with E-state index >= 15 is 0 Å². The quantitative estimate of drug-likeness (QED) is 0.168. The Morgan fingerprint density at radius 1 is 0.318 bits per heavy atom. The normalized spacial score (nSPS) is 11.1. The molecular weight excluding hydrogens is 532 g/mol. The first-order valence-corrected chi connectivity index (χ1v) is 15.6. The van der Waals surface area contributed by atoms with Gasteiger partial charge in [-0.05, 0) is 118 Å². The van der Waals surface area contributed by atoms with Gasteiger partial charge in [-0.3, -0.25) is 0 Å². The standard InChI is InChI=1S/C42H36N2/c1-3-37-38(4-2)42-30-36(44(33-21-13-7-14-22-33)34-23-15-8-16-24-34)26-28-40(42)39-27-25-35(29-41(37)39)43(31-17-9-5-10-18-31)32-19-11-6-12-20-32/h5-30H,3-4H2,1-2H3. The third-order valence-corrected chi connectivity index (χ3v) is 8.59. The number of hydrogen-bond acceptors (Lipinski definition) is 2. The molecule has 0 unspecified atom stereocenters. The Balaban J connectivity index is 1.44. The van der Waals surface area contributed by atoms with E-state index < -0.39 is 0 Å². The third kappa shape index (κ3) is 4.99. The maximum Gasteiger partial charge on any atom is 0.0468 e. The zero-order chi connectivity index (χ0) is 29.9. The third-order valence-electron chi connectivity index (χ3n) is 8.59. The average molecular weight is 569 g/mol. The summed E-state index contributed by atoms with van der Waals surface area (Å²) >= 11 is 0. The molecule has 7 aromatic rings. The molecule has 0 saturated heterocycles. The molecule has 7 aromatic carbocycles. The molecule has 0 aliphatic carbocycles. The highest BCUT2D eigenvalue weighted by Crippen LogP contribution is 2.42. The molecule has 0 atom stereocenters. The topological polar surface area (TPSA) is 6.48 Å². The van der Waals surface area contributed by atoms with E-state index in [1.165, 1.54) is 44.0 Å². The molecule has 0 amide bonds. The number of aryl methyl sites for hydroxylation is 2. The van der Waals surface area contributed by atoms with E-state index in [2.05, 4.69) is 181 Å². The zero-order valence-electron chi connectivity index (χ0n) is 25.3. The van der Waals surface area contributed by atoms with Gasteiger partial charge in [0.1, 0.15) is 0 Å². The van der Waals surface area contributed by atoms with Gasteiger partial charge in [0.05, 0.1) is 0 Å². The van der Waals surface area contributed by atoms with Gasteiger partial charge in [0.15, 0.2) is 0 Å². The molecule has 44 heavy (non-hydrogen) atoms. The van der Waals surface area contributed by atoms with Gasteiger partial charge in [-0.25, -0.2) is 0 Å². The van der Waals surface area contributed by atoms with Crippen molar-refractivity contribution in [2.45, 2.75) is 26.7 Å². The molecule has 0 fully saturated rings. The van der Waals surface area contributed by atoms with Gasteiger partial charge in [0.2, 0.25) is 0 Å². The summed E-state index contributed by atoms with van der Waals surface area (Å²) in [6.45, 7) is 4.59. The molecule has 0 radical (unpaired) electrons. The monoisotopic (exact) mass is 568 g/mol. The van der Waals surface area contributed by atoms with Crippen molar-refractivity contribution in [2.24, 2.45) is 0 Å². The summed E-state index contributed by atoms with van der Waals surface area (Å²) in [5.74, 6) is 0. The van der Waals surface area contributed by atoms with Crippen molar-refractivity contribution in [1.29, 1.82) is 0 Å². The molecule has 2 heteroatoms. The van der Waals surface area contributed by atoms with Gasteiger partial charge < -0.3 is 9.80 Å². The Hall–Kier alpha value is -5.34. The number of anilines is 6. The van der Waals surface area contributed by atoms with Crippen LogP contribution < -0.4 is 9.80 Å². The highest BCUT2D eigenvalue weighted by atomic mass is 15.1. The zero-order valence-corrected chi connectivity index (χ0v) is 25.3. The average Bonchev–Trinajstić information content (AvgIpc) is 3.09. The van der Waals surface area contributed by atoms with Crippen LogP contribution in [0.5, 0.6) is 0 Å². The van der Waals surface area contributed by atoms with Crippen LogP contribution in [0.25, 0.3) is 21.5 Å². The number of hydrogen-bond donors (Lipinski definition) is 0. The molecule has 0 aliphatic rings. The lowest BCUT2D eigenvalue weighted by molar-refractivity contribution is 1.06. The van der Waals surface area contributed by atoms with Crippen molar-refractivity contribution < 1.29 is 0 Å². The largest absolute Gasteiger partial charge is 0.310 e. The smallest absolute Gasteiger partial charge is 0.0468 e. The Morgan fingerprint density at radius 2 is 0.614 bits per heavy atom. The Bertz CT molecular complexity index is 1790. The fourth-order valence-electron chi connectivity index (χ4n) is 6.65. The van der Waals surface area contributed by atoms with Crippen molar-refractivity contribution >= 4 is 55.7 Å². The molecular formula is C42H36N2. The maximum atomic E-state index is 2.40. The molecule has 0 heterocycles. The summed E-state index contributed by atoms with van der Waals surface area (Å²) in [4.78, 5) is 4.71. The van der Waals surface area contributed by atoms with E-state index in [1.807, 2.05) is 0 Å². The van der Waals surface area contributed by atoms with Crippen molar-refractivity contribution in [3.8, 4) is 0 Å². The minimum atomic E-state index is 0.973. The van der Waals surface area contributed by atoms with Crippen LogP contribution in [-0.2, 0) is 12.8 Å². The van der Waals surface area contributed by atoms with Crippen molar-refractivity contribution in [3.63, 3.8) is 0 Å². The molecule has 2 nitrogen and oxygen atoms in total. The minimum Gasteiger partial charge on any atom is -0.310 e. The molecule has 0 spiro atoms. The fraction of sp³-hybridized carbons (Fsp3) is 0.0952. The number of nitrogens with zero attached hydrogens (tertiary/aromatic N) is 2. The summed E-state index contributed by atoms with van der Waals surface area (Å²) in [6.07, 6.45) is 1.95. The van der Waals surface area contributed by atoms with Crippen LogP contribution in [-0.4, -0.2) is 0 Å². The van der Waals surface area contributed by atoms with E-state index in [9.17, 15) is 0 Å². The first-order chi connectivity index (χ1) is 21.8. The Labute approximate surface area is 260 Å². The number of benzene rings is 7. The molecule has 0 aliphatic heterocycles. The predicted molar refractivity (Wildman–Crippen MR) is 190 cm³/mol. The van der Waals surface area contributed by atoms with Crippen molar-refractivity contribution in [3.05, 3.63) is 169 Å². The maximum absolute atomic E-state index is 2.40. The highest BCUT2D eigenvalue weighted by molar-refractivity contribution is 6.13. The van der Waals surface area contributed by atoms with Crippen LogP contribution in [0.1, 0.15) is 25.0 Å². The first kappa shape index (κ1) is 27.5. The number of para-hydroxylation sites is 4. The van der Waals surface area contributed by atoms with Gasteiger partial charge in [0, 0.05) is 34.1 Å². The van der Waals surface area contributed by atoms with Gasteiger partial charge in [0.25, 0.3) is 0 Å². The van der Waals surface area contributed by atoms with Crippen LogP contribution in [0.3, 0.4) is 0 Å². The van der Waals surface area contributed by atoms with E-state index in [1.54, 1.807) is 0 Å². The second-order valence-electron chi connectivity index (χ2n) is 11.1. The van der Waals surface area contributed by atoms with Gasteiger partial charge >= 0.3 is 0 Å². The molecule has 0 bridgehead atoms. The van der Waals surface area contributed by atoms with Gasteiger partial charge in [-0.1, -0.05) is 98.8 Å². The summed E-state index contributed by atoms with van der Waals surface area (Å²) in [6, 6.07) is 56.7. The number of fused-ring (bicyclic) bond motifs is 3. The molecule has 7 rings (SSSR count). The van der Waals surface area contributed by atoms with E-state index in [0.717, 1.165) is 35.6 Å². The molecule has 0 N–H and O–H groups in total. The lowest BCUT2D eigenvalue weighted by Crippen LogP contribution is -2.10. The van der Waals surface area contributed by atoms with E-state index in [0.29, 0.717) is 0 Å². The van der Waals surface area contributed by atoms with Crippen LogP contribution >= 0.6 is 0 Å². The fourth-order valence-corrected chi connectivity index (χ4v) is 6.65. The van der Waals surface area contributed by atoms with Gasteiger partial charge in [-0.2, -0.15) is 0 Å². The van der Waals surface area contributed by atoms with Crippen LogP contribution in [0.4, 0.5) is 34.1 Å². The Morgan fingerprint density at radius 3 is 0.886 bits per heavy atom. The van der Waals surface area contributed by atoms with E-state index in [-0.39, 0.29) is 0 Å². The van der Waals surface area contributed by atoms with Gasteiger partial charge in [-0.15, -0.1) is 0 Å². The Kier molecular flexibility index (Phi) is 7.56. The first-order valence-electron chi connectivity index (χ1n) is 15.6. The van der Waals surface area contributed by atoms with Crippen molar-refractivity contribution in [1.82, 2.24) is 0 Å². The summed E-state index contributed by atoms with van der Waals surface area (Å²) in [7, 11) is 0. The molecule has 0 saturated carbocycles. The van der Waals surface area contributed by atoms with Crippen molar-refractivity contribution in [2.75, 3.05) is 9.80 Å². The second-order valence-corrected chi connectivity index (χ2v) is 11.1. The number of rotatable bonds is 8. The van der Waals surface area contributed by atoms with Crippen LogP contribution in [0, 0.1) is 0 Å². The van der Waals surface area contributed by atoms with Crippen LogP contribution in [0.15, 0.2) is 158 Å². The molecule has 0 aromatic heterocycles. The summed E-state index contributed by atoms with van der Waals surface area (Å²) in [5, 5.41) is 5.27. The SMILES string of the molecule is CCc1c(CC)c2cc(N(c3ccccc3)c3ccccc3)ccc2c2ccc(N(c3ccccc3)c3ccccc3)cc12. The second kappa shape index (κ2) is 12.1. The highest BCUT2D eigenvalue weighted by Gasteiger charge is 2.19. The lowest BCUT2D eigenvalue weighted by Gasteiger charge is -2.27. The summed E-state index contributed by atoms with van der Waals surface area (Å²) in [5.41, 5.74) is 9.81. The summed E-state index contributed by atoms with van der Waals surface area (Å²) < 4.78 is 0. The van der Waals surface area contributed by atoms with E-state index in [4.69, 9.17) is 0 Å². The lowest BCUT2D eigenvalue weighted by atomic mass is 9.88. The van der Waals surface area contributed by atoms with Crippen LogP contribution in [0.2, 0.25) is 0 Å². The molecule has 214 valence electrons.